The predicted molar refractivity (Wildman–Crippen MR) is 101 cm³/mol. The van der Waals surface area contributed by atoms with Crippen LogP contribution in [0.3, 0.4) is 0 Å². The van der Waals surface area contributed by atoms with Crippen LogP contribution in [0.15, 0.2) is 54.6 Å². The lowest BCUT2D eigenvalue weighted by atomic mass is 10.1. The summed E-state index contributed by atoms with van der Waals surface area (Å²) in [6.45, 7) is 1.54. The summed E-state index contributed by atoms with van der Waals surface area (Å²) in [6.07, 6.45) is 7.27. The molecule has 0 saturated carbocycles. The molecule has 0 aliphatic carbocycles. The molecule has 2 N–H and O–H groups in total. The van der Waals surface area contributed by atoms with Gasteiger partial charge in [0, 0.05) is 18.4 Å². The number of aliphatic hydroxyl groups is 2. The number of carbonyl (C=O) groups is 1. The van der Waals surface area contributed by atoms with E-state index in [-0.39, 0.29) is 5.78 Å². The fraction of sp³-hybridized carbons (Fsp3) is 0.318. The molecular formula is C22H24O3. The minimum Gasteiger partial charge on any atom is -0.388 e. The van der Waals surface area contributed by atoms with Crippen LogP contribution in [-0.2, 0) is 4.79 Å². The quantitative estimate of drug-likeness (QED) is 0.594. The molecule has 0 unspecified atom stereocenters. The second kappa shape index (κ2) is 12.8. The third-order valence-corrected chi connectivity index (χ3v) is 3.20. The number of allylic oxidation sites excluding steroid dienone is 3. The molecule has 0 aliphatic heterocycles. The summed E-state index contributed by atoms with van der Waals surface area (Å²) in [5.41, 5.74) is 0.927. The van der Waals surface area contributed by atoms with Gasteiger partial charge in [-0.2, -0.15) is 0 Å². The molecule has 0 heterocycles. The fourth-order valence-corrected chi connectivity index (χ4v) is 1.90. The van der Waals surface area contributed by atoms with Crippen LogP contribution in [0.5, 0.6) is 0 Å². The van der Waals surface area contributed by atoms with Crippen LogP contribution in [-0.4, -0.2) is 28.2 Å². The Morgan fingerprint density at radius 2 is 1.96 bits per heavy atom. The van der Waals surface area contributed by atoms with E-state index in [1.807, 2.05) is 30.3 Å². The van der Waals surface area contributed by atoms with Gasteiger partial charge < -0.3 is 15.0 Å². The Morgan fingerprint density at radius 1 is 1.20 bits per heavy atom. The smallest absolute Gasteiger partial charge is 0.129 e. The van der Waals surface area contributed by atoms with Crippen LogP contribution in [0.1, 0.15) is 38.2 Å². The van der Waals surface area contributed by atoms with Crippen molar-refractivity contribution in [2.24, 2.45) is 0 Å². The van der Waals surface area contributed by atoms with Gasteiger partial charge in [0.05, 0.1) is 6.10 Å². The van der Waals surface area contributed by atoms with Crippen LogP contribution >= 0.6 is 0 Å². The first-order valence-corrected chi connectivity index (χ1v) is 8.32. The number of hydrogen-bond donors (Lipinski definition) is 2. The van der Waals surface area contributed by atoms with Crippen molar-refractivity contribution in [1.29, 1.82) is 0 Å². The van der Waals surface area contributed by atoms with Crippen molar-refractivity contribution in [1.82, 2.24) is 0 Å². The molecule has 0 fully saturated rings. The molecule has 2 atom stereocenters. The summed E-state index contributed by atoms with van der Waals surface area (Å²) in [5, 5.41) is 19.4. The van der Waals surface area contributed by atoms with Crippen LogP contribution in [0.4, 0.5) is 0 Å². The second-order valence-electron chi connectivity index (χ2n) is 5.58. The van der Waals surface area contributed by atoms with Gasteiger partial charge in [-0.05, 0) is 38.0 Å². The molecule has 1 rings (SSSR count). The standard InChI is InChI=1S/C22H24O3/c1-19(23)11-9-17-21(24)15-7-2-3-8-16-22(25)18-10-14-20-12-5-4-6-13-20/h2-6,8,12-13,16,21-22,24-25H,9,11,17-18H2,1H3/b3-2+,16-8+/t21-,22+/m1/s1. The van der Waals surface area contributed by atoms with Crippen molar-refractivity contribution < 1.29 is 15.0 Å². The first-order valence-electron chi connectivity index (χ1n) is 8.32. The predicted octanol–water partition coefficient (Wildman–Crippen LogP) is 3.03. The number of Topliss-reactive ketones (excluding diaryl/α,β-unsaturated/α-hetero) is 1. The molecule has 1 aromatic rings. The molecule has 0 amide bonds. The zero-order valence-electron chi connectivity index (χ0n) is 14.5. The van der Waals surface area contributed by atoms with Gasteiger partial charge >= 0.3 is 0 Å². The van der Waals surface area contributed by atoms with E-state index in [1.54, 1.807) is 24.3 Å². The van der Waals surface area contributed by atoms with Gasteiger partial charge in [0.15, 0.2) is 0 Å². The lowest BCUT2D eigenvalue weighted by molar-refractivity contribution is -0.117. The normalized spacial score (nSPS) is 12.9. The number of benzene rings is 1. The van der Waals surface area contributed by atoms with E-state index in [1.165, 1.54) is 6.92 Å². The Balaban J connectivity index is 2.28. The summed E-state index contributed by atoms with van der Waals surface area (Å²) in [5.74, 6) is 11.5. The highest BCUT2D eigenvalue weighted by atomic mass is 16.3. The average molecular weight is 336 g/mol. The molecule has 3 nitrogen and oxygen atoms in total. The SMILES string of the molecule is CC(=O)CCC[C@H](O)C#C/C=C/C=C/[C@H](O)CC#Cc1ccccc1. The van der Waals surface area contributed by atoms with Gasteiger partial charge in [0.25, 0.3) is 0 Å². The number of rotatable bonds is 7. The number of ketones is 1. The average Bonchev–Trinajstić information content (AvgIpc) is 2.58. The Kier molecular flexibility index (Phi) is 10.5. The summed E-state index contributed by atoms with van der Waals surface area (Å²) < 4.78 is 0. The van der Waals surface area contributed by atoms with Crippen molar-refractivity contribution in [2.45, 2.75) is 44.8 Å². The van der Waals surface area contributed by atoms with E-state index in [4.69, 9.17) is 0 Å². The highest BCUT2D eigenvalue weighted by Crippen LogP contribution is 2.00. The maximum atomic E-state index is 10.8. The Bertz CT molecular complexity index is 694. The summed E-state index contributed by atoms with van der Waals surface area (Å²) in [4.78, 5) is 10.8. The van der Waals surface area contributed by atoms with Crippen molar-refractivity contribution in [3.05, 3.63) is 60.2 Å². The van der Waals surface area contributed by atoms with E-state index >= 15 is 0 Å². The highest BCUT2D eigenvalue weighted by Gasteiger charge is 1.99. The van der Waals surface area contributed by atoms with Crippen molar-refractivity contribution >= 4 is 5.78 Å². The number of hydrogen-bond acceptors (Lipinski definition) is 3. The van der Waals surface area contributed by atoms with E-state index in [0.29, 0.717) is 25.7 Å². The van der Waals surface area contributed by atoms with Gasteiger partial charge in [-0.25, -0.2) is 0 Å². The Hall–Kier alpha value is -2.59. The van der Waals surface area contributed by atoms with E-state index in [2.05, 4.69) is 23.7 Å². The minimum absolute atomic E-state index is 0.122. The molecule has 0 spiro atoms. The topological polar surface area (TPSA) is 57.5 Å². The van der Waals surface area contributed by atoms with Crippen LogP contribution < -0.4 is 0 Å². The molecule has 0 radical (unpaired) electrons. The maximum absolute atomic E-state index is 10.8. The van der Waals surface area contributed by atoms with E-state index < -0.39 is 12.2 Å². The van der Waals surface area contributed by atoms with Crippen LogP contribution in [0.25, 0.3) is 0 Å². The Morgan fingerprint density at radius 3 is 2.68 bits per heavy atom. The van der Waals surface area contributed by atoms with Gasteiger partial charge in [0.1, 0.15) is 11.9 Å². The molecule has 1 aromatic carbocycles. The summed E-state index contributed by atoms with van der Waals surface area (Å²) >= 11 is 0. The van der Waals surface area contributed by atoms with Crippen LogP contribution in [0.2, 0.25) is 0 Å². The number of carbonyl (C=O) groups excluding carboxylic acids is 1. The zero-order valence-corrected chi connectivity index (χ0v) is 14.5. The van der Waals surface area contributed by atoms with Gasteiger partial charge in [-0.3, -0.25) is 0 Å². The monoisotopic (exact) mass is 336 g/mol. The van der Waals surface area contributed by atoms with Crippen molar-refractivity contribution in [3.8, 4) is 23.7 Å². The van der Waals surface area contributed by atoms with Crippen molar-refractivity contribution in [3.63, 3.8) is 0 Å². The first-order chi connectivity index (χ1) is 12.1. The molecule has 130 valence electrons. The lowest BCUT2D eigenvalue weighted by Gasteiger charge is -2.00. The largest absolute Gasteiger partial charge is 0.388 e. The van der Waals surface area contributed by atoms with Crippen LogP contribution in [0, 0.1) is 23.7 Å². The molecule has 0 aliphatic rings. The van der Waals surface area contributed by atoms with Gasteiger partial charge in [0.2, 0.25) is 0 Å². The highest BCUT2D eigenvalue weighted by molar-refractivity contribution is 5.75. The Labute approximate surface area is 150 Å². The minimum atomic E-state index is -0.716. The molecule has 25 heavy (non-hydrogen) atoms. The second-order valence-corrected chi connectivity index (χ2v) is 5.58. The van der Waals surface area contributed by atoms with Gasteiger partial charge in [-0.15, -0.1) is 0 Å². The molecule has 0 saturated heterocycles. The first kappa shape index (κ1) is 20.5. The molecule has 0 bridgehead atoms. The zero-order chi connectivity index (χ0) is 18.3. The summed E-state index contributed by atoms with van der Waals surface area (Å²) in [6, 6.07) is 9.62. The van der Waals surface area contributed by atoms with Crippen molar-refractivity contribution in [2.75, 3.05) is 0 Å². The van der Waals surface area contributed by atoms with Gasteiger partial charge in [-0.1, -0.05) is 60.1 Å². The fourth-order valence-electron chi connectivity index (χ4n) is 1.90. The van der Waals surface area contributed by atoms with E-state index in [0.717, 1.165) is 5.56 Å². The molecular weight excluding hydrogens is 312 g/mol. The molecule has 3 heteroatoms. The van der Waals surface area contributed by atoms with E-state index in [9.17, 15) is 15.0 Å². The molecule has 0 aromatic heterocycles. The summed E-state index contributed by atoms with van der Waals surface area (Å²) in [7, 11) is 0. The third-order valence-electron chi connectivity index (χ3n) is 3.20. The number of aliphatic hydroxyl groups excluding tert-OH is 2. The lowest BCUT2D eigenvalue weighted by Crippen LogP contribution is -2.03. The maximum Gasteiger partial charge on any atom is 0.129 e. The third kappa shape index (κ3) is 11.6.